The number of nitrogens with zero attached hydrogens (tertiary/aromatic N) is 1. The highest BCUT2D eigenvalue weighted by atomic mass is 16.5. The van der Waals surface area contributed by atoms with Crippen LogP contribution in [0.2, 0.25) is 0 Å². The lowest BCUT2D eigenvalue weighted by atomic mass is 10.1. The molecule has 2 aromatic carbocycles. The van der Waals surface area contributed by atoms with Gasteiger partial charge in [-0.2, -0.15) is 0 Å². The van der Waals surface area contributed by atoms with Crippen LogP contribution in [0, 0.1) is 0 Å². The number of anilines is 2. The maximum absolute atomic E-state index is 12.7. The van der Waals surface area contributed by atoms with Crippen molar-refractivity contribution in [2.24, 2.45) is 0 Å². The van der Waals surface area contributed by atoms with Gasteiger partial charge in [0.05, 0.1) is 14.2 Å². The summed E-state index contributed by atoms with van der Waals surface area (Å²) in [6, 6.07) is 13.1. The average molecular weight is 342 g/mol. The van der Waals surface area contributed by atoms with Crippen molar-refractivity contribution in [1.29, 1.82) is 0 Å². The Morgan fingerprint density at radius 1 is 1.04 bits per heavy atom. The van der Waals surface area contributed by atoms with Gasteiger partial charge in [-0.3, -0.25) is 4.79 Å². The third kappa shape index (κ3) is 4.66. The van der Waals surface area contributed by atoms with E-state index in [0.29, 0.717) is 17.1 Å². The van der Waals surface area contributed by atoms with E-state index >= 15 is 0 Å². The van der Waals surface area contributed by atoms with Gasteiger partial charge in [-0.1, -0.05) is 19.4 Å². The number of hydrogen-bond acceptors (Lipinski definition) is 4. The molecule has 0 heterocycles. The summed E-state index contributed by atoms with van der Waals surface area (Å²) in [5, 5.41) is 2.90. The van der Waals surface area contributed by atoms with Crippen LogP contribution in [0.3, 0.4) is 0 Å². The van der Waals surface area contributed by atoms with Crippen molar-refractivity contribution in [3.05, 3.63) is 48.0 Å². The van der Waals surface area contributed by atoms with Gasteiger partial charge in [0.1, 0.15) is 17.1 Å². The molecule has 2 rings (SSSR count). The Hall–Kier alpha value is -2.69. The molecule has 0 aromatic heterocycles. The number of ether oxygens (including phenoxy) is 2. The molecule has 0 unspecified atom stereocenters. The van der Waals surface area contributed by atoms with Gasteiger partial charge in [0, 0.05) is 25.0 Å². The van der Waals surface area contributed by atoms with Gasteiger partial charge >= 0.3 is 0 Å². The van der Waals surface area contributed by atoms with Crippen molar-refractivity contribution in [3.8, 4) is 11.5 Å². The second-order valence-corrected chi connectivity index (χ2v) is 5.81. The Balaban J connectivity index is 2.14. The zero-order valence-corrected chi connectivity index (χ0v) is 15.3. The molecular formula is C20H26N2O3. The largest absolute Gasteiger partial charge is 0.496 e. The Morgan fingerprint density at radius 2 is 1.64 bits per heavy atom. The normalized spacial score (nSPS) is 10.2. The second-order valence-electron chi connectivity index (χ2n) is 5.81. The Morgan fingerprint density at radius 3 is 2.16 bits per heavy atom. The number of carbonyl (C=O) groups excluding carboxylic acids is 1. The summed E-state index contributed by atoms with van der Waals surface area (Å²) in [6.45, 7) is 3.19. The van der Waals surface area contributed by atoms with Gasteiger partial charge in [0.2, 0.25) is 0 Å². The van der Waals surface area contributed by atoms with E-state index in [1.54, 1.807) is 18.2 Å². The van der Waals surface area contributed by atoms with E-state index < -0.39 is 0 Å². The molecule has 0 aliphatic carbocycles. The summed E-state index contributed by atoms with van der Waals surface area (Å²) < 4.78 is 10.6. The summed E-state index contributed by atoms with van der Waals surface area (Å²) in [4.78, 5) is 14.9. The molecule has 0 bridgehead atoms. The molecule has 0 aliphatic heterocycles. The molecule has 25 heavy (non-hydrogen) atoms. The lowest BCUT2D eigenvalue weighted by Crippen LogP contribution is -2.18. The van der Waals surface area contributed by atoms with E-state index in [1.807, 2.05) is 24.3 Å². The number of hydrogen-bond donors (Lipinski definition) is 1. The Kier molecular flexibility index (Phi) is 6.69. The summed E-state index contributed by atoms with van der Waals surface area (Å²) in [7, 11) is 5.14. The van der Waals surface area contributed by atoms with E-state index in [1.165, 1.54) is 20.6 Å². The Bertz CT molecular complexity index is 676. The number of rotatable bonds is 8. The first-order valence-corrected chi connectivity index (χ1v) is 8.44. The fourth-order valence-electron chi connectivity index (χ4n) is 2.59. The maximum atomic E-state index is 12.7. The third-order valence-electron chi connectivity index (χ3n) is 4.07. The fraction of sp³-hybridized carbons (Fsp3) is 0.350. The highest BCUT2D eigenvalue weighted by Gasteiger charge is 2.18. The first kappa shape index (κ1) is 18.6. The SMILES string of the molecule is CCCCN(C)c1ccc(NC(=O)c2c(OC)cccc2OC)cc1. The predicted octanol–water partition coefficient (Wildman–Crippen LogP) is 4.19. The Labute approximate surface area is 149 Å². The van der Waals surface area contributed by atoms with E-state index in [2.05, 4.69) is 24.2 Å². The second kappa shape index (κ2) is 8.97. The van der Waals surface area contributed by atoms with Crippen molar-refractivity contribution < 1.29 is 14.3 Å². The van der Waals surface area contributed by atoms with E-state index in [9.17, 15) is 4.79 Å². The van der Waals surface area contributed by atoms with Crippen LogP contribution in [0.1, 0.15) is 30.1 Å². The van der Waals surface area contributed by atoms with Crippen LogP contribution >= 0.6 is 0 Å². The van der Waals surface area contributed by atoms with Crippen LogP contribution < -0.4 is 19.7 Å². The average Bonchev–Trinajstić information content (AvgIpc) is 2.65. The quantitative estimate of drug-likeness (QED) is 0.781. The molecule has 0 saturated heterocycles. The zero-order chi connectivity index (χ0) is 18.2. The summed E-state index contributed by atoms with van der Waals surface area (Å²) in [5.74, 6) is 0.696. The molecule has 1 amide bonds. The number of unbranched alkanes of at least 4 members (excludes halogenated alkanes) is 1. The molecule has 0 atom stereocenters. The van der Waals surface area contributed by atoms with Crippen molar-refractivity contribution in [2.45, 2.75) is 19.8 Å². The summed E-state index contributed by atoms with van der Waals surface area (Å²) in [6.07, 6.45) is 2.32. The minimum Gasteiger partial charge on any atom is -0.496 e. The van der Waals surface area contributed by atoms with Gasteiger partial charge in [0.15, 0.2) is 0 Å². The van der Waals surface area contributed by atoms with Crippen LogP contribution in [0.15, 0.2) is 42.5 Å². The molecule has 0 spiro atoms. The molecule has 0 radical (unpaired) electrons. The van der Waals surface area contributed by atoms with Crippen LogP contribution in [0.5, 0.6) is 11.5 Å². The van der Waals surface area contributed by atoms with Gasteiger partial charge in [0.25, 0.3) is 5.91 Å². The predicted molar refractivity (Wildman–Crippen MR) is 102 cm³/mol. The van der Waals surface area contributed by atoms with Gasteiger partial charge in [-0.25, -0.2) is 0 Å². The molecular weight excluding hydrogens is 316 g/mol. The maximum Gasteiger partial charge on any atom is 0.263 e. The third-order valence-corrected chi connectivity index (χ3v) is 4.07. The smallest absolute Gasteiger partial charge is 0.263 e. The number of nitrogens with one attached hydrogen (secondary N) is 1. The van der Waals surface area contributed by atoms with E-state index in [4.69, 9.17) is 9.47 Å². The van der Waals surface area contributed by atoms with E-state index in [0.717, 1.165) is 24.3 Å². The standard InChI is InChI=1S/C20H26N2O3/c1-5-6-14-22(2)16-12-10-15(11-13-16)21-20(23)19-17(24-3)8-7-9-18(19)25-4/h7-13H,5-6,14H2,1-4H3,(H,21,23). The molecule has 0 aliphatic rings. The summed E-state index contributed by atoms with van der Waals surface area (Å²) >= 11 is 0. The van der Waals surface area contributed by atoms with Crippen LogP contribution in [-0.2, 0) is 0 Å². The fourth-order valence-corrected chi connectivity index (χ4v) is 2.59. The molecule has 5 nitrogen and oxygen atoms in total. The molecule has 2 aromatic rings. The van der Waals surface area contributed by atoms with Gasteiger partial charge in [-0.05, 0) is 42.8 Å². The van der Waals surface area contributed by atoms with Crippen LogP contribution in [0.25, 0.3) is 0 Å². The summed E-state index contributed by atoms with van der Waals surface area (Å²) in [5.41, 5.74) is 2.24. The molecule has 0 fully saturated rings. The van der Waals surface area contributed by atoms with Crippen LogP contribution in [-0.4, -0.2) is 33.7 Å². The highest BCUT2D eigenvalue weighted by molar-refractivity contribution is 6.08. The first-order chi connectivity index (χ1) is 12.1. The van der Waals surface area contributed by atoms with E-state index in [-0.39, 0.29) is 5.91 Å². The van der Waals surface area contributed by atoms with Gasteiger partial charge < -0.3 is 19.7 Å². The van der Waals surface area contributed by atoms with Crippen molar-refractivity contribution >= 4 is 17.3 Å². The number of amides is 1. The van der Waals surface area contributed by atoms with Crippen molar-refractivity contribution in [3.63, 3.8) is 0 Å². The molecule has 5 heteroatoms. The van der Waals surface area contributed by atoms with Gasteiger partial charge in [-0.15, -0.1) is 0 Å². The minimum absolute atomic E-state index is 0.263. The number of benzene rings is 2. The highest BCUT2D eigenvalue weighted by Crippen LogP contribution is 2.29. The molecule has 1 N–H and O–H groups in total. The molecule has 134 valence electrons. The minimum atomic E-state index is -0.263. The van der Waals surface area contributed by atoms with Crippen molar-refractivity contribution in [1.82, 2.24) is 0 Å². The monoisotopic (exact) mass is 342 g/mol. The lowest BCUT2D eigenvalue weighted by Gasteiger charge is -2.19. The number of carbonyl (C=O) groups is 1. The number of methoxy groups -OCH3 is 2. The first-order valence-electron chi connectivity index (χ1n) is 8.44. The molecule has 0 saturated carbocycles. The van der Waals surface area contributed by atoms with Crippen molar-refractivity contribution in [2.75, 3.05) is 38.0 Å². The van der Waals surface area contributed by atoms with Crippen LogP contribution in [0.4, 0.5) is 11.4 Å². The topological polar surface area (TPSA) is 50.8 Å². The zero-order valence-electron chi connectivity index (χ0n) is 15.3. The lowest BCUT2D eigenvalue weighted by molar-refractivity contribution is 0.102.